The van der Waals surface area contributed by atoms with E-state index in [0.717, 1.165) is 16.8 Å². The van der Waals surface area contributed by atoms with Gasteiger partial charge in [-0.2, -0.15) is 5.26 Å². The van der Waals surface area contributed by atoms with Gasteiger partial charge in [-0.25, -0.2) is 0 Å². The first-order valence-corrected chi connectivity index (χ1v) is 10.1. The molecule has 7 heteroatoms. The van der Waals surface area contributed by atoms with Gasteiger partial charge in [0.05, 0.1) is 11.6 Å². The van der Waals surface area contributed by atoms with Crippen LogP contribution in [0.1, 0.15) is 43.9 Å². The van der Waals surface area contributed by atoms with Crippen molar-refractivity contribution in [1.29, 1.82) is 5.26 Å². The van der Waals surface area contributed by atoms with Crippen LogP contribution in [0.2, 0.25) is 0 Å². The quantitative estimate of drug-likeness (QED) is 0.609. The van der Waals surface area contributed by atoms with E-state index < -0.39 is 6.04 Å². The summed E-state index contributed by atoms with van der Waals surface area (Å²) in [6.45, 7) is 6.01. The number of benzene rings is 2. The number of carbonyl (C=O) groups is 1. The largest absolute Gasteiger partial charge is 0.479 e. The monoisotopic (exact) mass is 420 g/mol. The van der Waals surface area contributed by atoms with E-state index in [2.05, 4.69) is 29.8 Å². The molecule has 1 heterocycles. The van der Waals surface area contributed by atoms with Crippen LogP contribution in [0.3, 0.4) is 0 Å². The van der Waals surface area contributed by atoms with Crippen molar-refractivity contribution in [3.05, 3.63) is 70.9 Å². The predicted molar refractivity (Wildman–Crippen MR) is 121 cm³/mol. The molecular weight excluding hydrogens is 396 g/mol. The van der Waals surface area contributed by atoms with Crippen molar-refractivity contribution in [2.75, 3.05) is 11.9 Å². The lowest BCUT2D eigenvalue weighted by molar-refractivity contribution is -0.113. The van der Waals surface area contributed by atoms with Gasteiger partial charge in [-0.15, -0.1) is 0 Å². The Balaban J connectivity index is 1.90. The lowest BCUT2D eigenvalue weighted by Gasteiger charge is -2.30. The molecule has 2 aromatic rings. The van der Waals surface area contributed by atoms with Crippen molar-refractivity contribution in [2.24, 2.45) is 0 Å². The highest BCUT2D eigenvalue weighted by Gasteiger charge is 2.30. The lowest BCUT2D eigenvalue weighted by atomic mass is 9.94. The third-order valence-corrected chi connectivity index (χ3v) is 5.08. The number of nitrogens with one attached hydrogen (secondary N) is 3. The topological polar surface area (TPSA) is 86.2 Å². The number of allylic oxidation sites excluding steroid dienone is 1. The molecule has 0 bridgehead atoms. The minimum atomic E-state index is -0.407. The molecular formula is C23H24N4O2S. The fourth-order valence-electron chi connectivity index (χ4n) is 3.42. The molecule has 154 valence electrons. The lowest BCUT2D eigenvalue weighted by Crippen LogP contribution is -2.45. The van der Waals surface area contributed by atoms with E-state index in [1.54, 1.807) is 12.1 Å². The number of carbonyl (C=O) groups excluding carboxylic acids is 1. The van der Waals surface area contributed by atoms with Crippen LogP contribution in [-0.4, -0.2) is 17.6 Å². The summed E-state index contributed by atoms with van der Waals surface area (Å²) in [7, 11) is 0. The van der Waals surface area contributed by atoms with E-state index in [1.807, 2.05) is 49.4 Å². The van der Waals surface area contributed by atoms with Gasteiger partial charge < -0.3 is 20.7 Å². The Morgan fingerprint density at radius 2 is 1.93 bits per heavy atom. The van der Waals surface area contributed by atoms with Gasteiger partial charge in [0.1, 0.15) is 11.8 Å². The molecule has 0 spiro atoms. The number of ether oxygens (including phenoxy) is 1. The maximum Gasteiger partial charge on any atom is 0.255 e. The fraction of sp³-hybridized carbons (Fsp3) is 0.261. The van der Waals surface area contributed by atoms with Crippen molar-refractivity contribution >= 4 is 28.9 Å². The maximum atomic E-state index is 13.3. The zero-order chi connectivity index (χ0) is 21.7. The summed E-state index contributed by atoms with van der Waals surface area (Å²) in [5.74, 6) is 0.677. The van der Waals surface area contributed by atoms with E-state index in [0.29, 0.717) is 22.1 Å². The molecule has 6 nitrogen and oxygen atoms in total. The Kier molecular flexibility index (Phi) is 6.70. The number of nitriles is 1. The smallest absolute Gasteiger partial charge is 0.255 e. The molecule has 3 rings (SSSR count). The van der Waals surface area contributed by atoms with E-state index in [9.17, 15) is 4.79 Å². The highest BCUT2D eigenvalue weighted by Crippen LogP contribution is 2.30. The standard InChI is InChI=1S/C23H24N4O2S/c1-14(2)18-6-4-5-7-19(18)26-22(28)20-15(3)25-23(30)27-21(20)16-8-10-17(11-9-16)29-13-12-24/h4-11,14,21H,13H2,1-3H3,(H,26,28)(H2,25,27,30)/t21-/m0/s1. The molecule has 3 N–H and O–H groups in total. The van der Waals surface area contributed by atoms with Gasteiger partial charge in [0.2, 0.25) is 0 Å². The van der Waals surface area contributed by atoms with Gasteiger partial charge in [0, 0.05) is 11.4 Å². The van der Waals surface area contributed by atoms with Crippen LogP contribution in [-0.2, 0) is 4.79 Å². The molecule has 30 heavy (non-hydrogen) atoms. The van der Waals surface area contributed by atoms with Crippen molar-refractivity contribution in [2.45, 2.75) is 32.7 Å². The third-order valence-electron chi connectivity index (χ3n) is 4.86. The molecule has 1 aliphatic rings. The summed E-state index contributed by atoms with van der Waals surface area (Å²) < 4.78 is 5.32. The number of rotatable bonds is 6. The van der Waals surface area contributed by atoms with Crippen LogP contribution in [0.25, 0.3) is 0 Å². The number of hydrogen-bond acceptors (Lipinski definition) is 4. The van der Waals surface area contributed by atoms with E-state index in [-0.39, 0.29) is 18.4 Å². The third kappa shape index (κ3) is 4.78. The average Bonchev–Trinajstić information content (AvgIpc) is 2.72. The summed E-state index contributed by atoms with van der Waals surface area (Å²) in [6.07, 6.45) is 0. The summed E-state index contributed by atoms with van der Waals surface area (Å²) in [5.41, 5.74) is 4.00. The number of nitrogens with zero attached hydrogens (tertiary/aromatic N) is 1. The molecule has 0 aliphatic carbocycles. The zero-order valence-corrected chi connectivity index (χ0v) is 18.0. The van der Waals surface area contributed by atoms with Crippen molar-refractivity contribution in [1.82, 2.24) is 10.6 Å². The van der Waals surface area contributed by atoms with Gasteiger partial charge in [-0.3, -0.25) is 4.79 Å². The highest BCUT2D eigenvalue weighted by molar-refractivity contribution is 7.80. The molecule has 0 saturated carbocycles. The normalized spacial score (nSPS) is 15.8. The number of amides is 1. The Labute approximate surface area is 181 Å². The maximum absolute atomic E-state index is 13.3. The highest BCUT2D eigenvalue weighted by atomic mass is 32.1. The summed E-state index contributed by atoms with van der Waals surface area (Å²) >= 11 is 5.32. The number of para-hydroxylation sites is 1. The molecule has 1 atom stereocenters. The Morgan fingerprint density at radius 1 is 1.23 bits per heavy atom. The van der Waals surface area contributed by atoms with Gasteiger partial charge in [-0.05, 0) is 54.4 Å². The Bertz CT molecular complexity index is 1020. The van der Waals surface area contributed by atoms with Crippen molar-refractivity contribution < 1.29 is 9.53 Å². The number of hydrogen-bond donors (Lipinski definition) is 3. The Hall–Kier alpha value is -3.37. The zero-order valence-electron chi connectivity index (χ0n) is 17.2. The fourth-order valence-corrected chi connectivity index (χ4v) is 3.69. The van der Waals surface area contributed by atoms with Crippen LogP contribution in [0.4, 0.5) is 5.69 Å². The molecule has 0 radical (unpaired) electrons. The summed E-state index contributed by atoms with van der Waals surface area (Å²) in [4.78, 5) is 13.3. The second-order valence-corrected chi connectivity index (χ2v) is 7.69. The average molecular weight is 421 g/mol. The summed E-state index contributed by atoms with van der Waals surface area (Å²) in [5, 5.41) is 18.4. The predicted octanol–water partition coefficient (Wildman–Crippen LogP) is 4.14. The van der Waals surface area contributed by atoms with E-state index in [4.69, 9.17) is 22.2 Å². The van der Waals surface area contributed by atoms with Gasteiger partial charge in [0.15, 0.2) is 11.7 Å². The first-order valence-electron chi connectivity index (χ1n) is 9.69. The molecule has 1 amide bonds. The van der Waals surface area contributed by atoms with E-state index in [1.165, 1.54) is 0 Å². The molecule has 0 aromatic heterocycles. The summed E-state index contributed by atoms with van der Waals surface area (Å²) in [6, 6.07) is 16.6. The van der Waals surface area contributed by atoms with Crippen molar-refractivity contribution in [3.63, 3.8) is 0 Å². The second kappa shape index (κ2) is 9.42. The second-order valence-electron chi connectivity index (χ2n) is 7.28. The minimum absolute atomic E-state index is 0.0169. The molecule has 0 unspecified atom stereocenters. The van der Waals surface area contributed by atoms with Crippen LogP contribution >= 0.6 is 12.2 Å². The van der Waals surface area contributed by atoms with Crippen LogP contribution < -0.4 is 20.7 Å². The SMILES string of the molecule is CC1=C(C(=O)Nc2ccccc2C(C)C)[C@H](c2ccc(OCC#N)cc2)NC(=S)N1. The minimum Gasteiger partial charge on any atom is -0.479 e. The van der Waals surface area contributed by atoms with Crippen molar-refractivity contribution in [3.8, 4) is 11.8 Å². The molecule has 0 fully saturated rings. The molecule has 2 aromatic carbocycles. The van der Waals surface area contributed by atoms with Gasteiger partial charge in [-0.1, -0.05) is 44.2 Å². The van der Waals surface area contributed by atoms with Gasteiger partial charge in [0.25, 0.3) is 5.91 Å². The first-order chi connectivity index (χ1) is 14.4. The van der Waals surface area contributed by atoms with Crippen LogP contribution in [0, 0.1) is 11.3 Å². The molecule has 1 aliphatic heterocycles. The first kappa shape index (κ1) is 21.3. The number of thiocarbonyl (C=S) groups is 1. The number of anilines is 1. The Morgan fingerprint density at radius 3 is 2.60 bits per heavy atom. The van der Waals surface area contributed by atoms with E-state index >= 15 is 0 Å². The van der Waals surface area contributed by atoms with Crippen LogP contribution in [0.5, 0.6) is 5.75 Å². The van der Waals surface area contributed by atoms with Crippen LogP contribution in [0.15, 0.2) is 59.8 Å². The molecule has 0 saturated heterocycles. The van der Waals surface area contributed by atoms with Gasteiger partial charge >= 0.3 is 0 Å².